The lowest BCUT2D eigenvalue weighted by Crippen LogP contribution is -2.45. The van der Waals surface area contributed by atoms with Gasteiger partial charge in [0.25, 0.3) is 16.7 Å². The number of rotatable bonds is 18. The van der Waals surface area contributed by atoms with Crippen LogP contribution >= 0.6 is 31.3 Å². The van der Waals surface area contributed by atoms with Crippen LogP contribution in [-0.2, 0) is 71.0 Å². The number of phosphoric acid groups is 4. The van der Waals surface area contributed by atoms with E-state index in [4.69, 9.17) is 48.5 Å². The third-order valence-corrected chi connectivity index (χ3v) is 17.3. The Bertz CT molecular complexity index is 3540. The van der Waals surface area contributed by atoms with E-state index in [0.717, 1.165) is 28.1 Å². The second-order valence-corrected chi connectivity index (χ2v) is 23.2. The Kier molecular flexibility index (Phi) is 13.7. The average molecular weight is 1140 g/mol. The van der Waals surface area contributed by atoms with Crippen LogP contribution in [0.5, 0.6) is 0 Å². The van der Waals surface area contributed by atoms with E-state index in [1.807, 2.05) is 0 Å². The van der Waals surface area contributed by atoms with E-state index < -0.39 is 142 Å². The summed E-state index contributed by atoms with van der Waals surface area (Å²) in [5, 5.41) is 43.3. The smallest absolute Gasteiger partial charge is 0.387 e. The fourth-order valence-electron chi connectivity index (χ4n) is 8.83. The molecule has 38 nitrogen and oxygen atoms in total. The largest absolute Gasteiger partial charge is 0.490 e. The van der Waals surface area contributed by atoms with Crippen molar-refractivity contribution in [2.45, 2.75) is 80.0 Å². The normalized spacial score (nSPS) is 32.1. The van der Waals surface area contributed by atoms with Gasteiger partial charge in [0.1, 0.15) is 72.1 Å². The van der Waals surface area contributed by atoms with Crippen LogP contribution < -0.4 is 27.2 Å². The maximum atomic E-state index is 13.7. The minimum atomic E-state index is -6.21. The van der Waals surface area contributed by atoms with Gasteiger partial charge >= 0.3 is 36.9 Å². The molecule has 0 radical (unpaired) electrons. The molecule has 42 heteroatoms. The van der Waals surface area contributed by atoms with Crippen LogP contribution in [0.3, 0.4) is 0 Å². The average Bonchev–Trinajstić information content (AvgIpc) is 4.23. The molecule has 4 aliphatic rings. The van der Waals surface area contributed by atoms with Gasteiger partial charge in [-0.3, -0.25) is 41.8 Å². The highest BCUT2D eigenvalue weighted by molar-refractivity contribution is 7.66. The van der Waals surface area contributed by atoms with Gasteiger partial charge in [-0.25, -0.2) is 47.7 Å². The van der Waals surface area contributed by atoms with Gasteiger partial charge in [0.2, 0.25) is 18.5 Å². The number of aliphatic hydroxyl groups excluding tert-OH is 4. The van der Waals surface area contributed by atoms with E-state index in [1.54, 1.807) is 0 Å². The zero-order valence-electron chi connectivity index (χ0n) is 38.0. The number of aromatic amines is 2. The van der Waals surface area contributed by atoms with Crippen LogP contribution in [-0.4, -0.2) is 174 Å². The summed E-state index contributed by atoms with van der Waals surface area (Å²) in [7, 11) is -22.0. The quantitative estimate of drug-likeness (QED) is 0.0287. The summed E-state index contributed by atoms with van der Waals surface area (Å²) in [5.74, 6) is -0.195. The summed E-state index contributed by atoms with van der Waals surface area (Å²) in [6, 6.07) is 0. The third kappa shape index (κ3) is 10.0. The Morgan fingerprint density at radius 3 is 2.00 bits per heavy atom. The zero-order valence-corrected chi connectivity index (χ0v) is 41.6. The van der Waals surface area contributed by atoms with Gasteiger partial charge in [0.15, 0.2) is 35.1 Å². The molecule has 4 saturated heterocycles. The molecule has 6 aromatic rings. The fourth-order valence-corrected chi connectivity index (χ4v) is 13.4. The van der Waals surface area contributed by atoms with E-state index in [-0.39, 0.29) is 51.1 Å². The lowest BCUT2D eigenvalue weighted by atomic mass is 10.0. The number of nitrogens with one attached hydrogen (secondary N) is 2. The Balaban J connectivity index is 0.809. The first kappa shape index (κ1) is 53.4. The molecule has 0 aliphatic carbocycles. The van der Waals surface area contributed by atoms with E-state index in [9.17, 15) is 67.8 Å². The van der Waals surface area contributed by atoms with Crippen molar-refractivity contribution in [1.82, 2.24) is 53.6 Å². The molecule has 10 heterocycles. The van der Waals surface area contributed by atoms with Crippen LogP contribution in [0.1, 0.15) is 24.5 Å². The SMILES string of the molecule is Cc1nc2c(ncn2[C@@H]2O[C@H](COP(=O)(O)OC3[C@@H]4OC[C@]3(COP(=O)(O)OP(=O)(O)OP(=O)(O)OC[C@H]3O[C@@H](n5c[n+](C)c6c(=O)[nH]c(N)nc65)C(O)[C@H]3O)O[C@H]4n3cnc4c(N)ncnc43)C(O)[C@@H]2O)c(=O)[nH]1. The molecule has 408 valence electrons. The van der Waals surface area contributed by atoms with Crippen molar-refractivity contribution >= 4 is 76.5 Å². The Labute approximate surface area is 414 Å². The molecule has 4 fully saturated rings. The summed E-state index contributed by atoms with van der Waals surface area (Å²) in [6.45, 7) is -2.55. The van der Waals surface area contributed by atoms with E-state index in [1.165, 1.54) is 29.4 Å². The van der Waals surface area contributed by atoms with Crippen molar-refractivity contribution < 1.29 is 108 Å². The first-order valence-electron chi connectivity index (χ1n) is 21.5. The van der Waals surface area contributed by atoms with Crippen LogP contribution in [0.2, 0.25) is 0 Å². The molecule has 0 spiro atoms. The maximum absolute atomic E-state index is 13.7. The minimum Gasteiger partial charge on any atom is -0.387 e. The number of ether oxygens (including phenoxy) is 4. The van der Waals surface area contributed by atoms with Gasteiger partial charge in [-0.1, -0.05) is 0 Å². The highest BCUT2D eigenvalue weighted by Crippen LogP contribution is 2.68. The summed E-state index contributed by atoms with van der Waals surface area (Å²) in [4.78, 5) is 96.5. The number of nitrogen functional groups attached to an aromatic ring is 2. The topological polar surface area (TPSA) is 536 Å². The van der Waals surface area contributed by atoms with Crippen molar-refractivity contribution in [2.75, 3.05) is 37.9 Å². The summed E-state index contributed by atoms with van der Waals surface area (Å²) in [6.07, 6.45) is -13.5. The molecule has 10 rings (SSSR count). The first-order valence-corrected chi connectivity index (χ1v) is 27.4. The van der Waals surface area contributed by atoms with E-state index >= 15 is 0 Å². The summed E-state index contributed by atoms with van der Waals surface area (Å²) in [5.41, 5.74) is 7.91. The van der Waals surface area contributed by atoms with Crippen molar-refractivity contribution in [2.24, 2.45) is 7.05 Å². The van der Waals surface area contributed by atoms with Gasteiger partial charge in [0.05, 0.1) is 46.1 Å². The minimum absolute atomic E-state index is 0.0206. The van der Waals surface area contributed by atoms with Crippen LogP contribution in [0.4, 0.5) is 11.8 Å². The Hall–Kier alpha value is -4.95. The summed E-state index contributed by atoms with van der Waals surface area (Å²) < 4.78 is 110. The molecular weight excluding hydrogens is 1100 g/mol. The van der Waals surface area contributed by atoms with E-state index in [0.29, 0.717) is 0 Å². The van der Waals surface area contributed by atoms with Crippen molar-refractivity contribution in [3.8, 4) is 0 Å². The highest BCUT2D eigenvalue weighted by Gasteiger charge is 2.66. The molecule has 0 saturated carbocycles. The number of anilines is 2. The van der Waals surface area contributed by atoms with Crippen LogP contribution in [0.25, 0.3) is 33.5 Å². The predicted octanol–water partition coefficient (Wildman–Crippen LogP) is -4.23. The lowest BCUT2D eigenvalue weighted by Gasteiger charge is -2.32. The number of nitrogens with two attached hydrogens (primary N) is 2. The third-order valence-electron chi connectivity index (χ3n) is 12.1. The Morgan fingerprint density at radius 1 is 0.733 bits per heavy atom. The molecule has 75 heavy (non-hydrogen) atoms. The van der Waals surface area contributed by atoms with Gasteiger partial charge in [0, 0.05) is 0 Å². The predicted molar refractivity (Wildman–Crippen MR) is 237 cm³/mol. The number of aromatic nitrogens is 12. The molecule has 14 N–H and O–H groups in total. The molecule has 2 bridgehead atoms. The second-order valence-electron chi connectivity index (χ2n) is 17.2. The zero-order chi connectivity index (χ0) is 53.9. The maximum Gasteiger partial charge on any atom is 0.490 e. The Morgan fingerprint density at radius 2 is 1.33 bits per heavy atom. The molecule has 0 amide bonds. The van der Waals surface area contributed by atoms with E-state index in [2.05, 4.69) is 48.5 Å². The molecule has 0 aromatic carbocycles. The van der Waals surface area contributed by atoms with Crippen molar-refractivity contribution in [3.05, 3.63) is 51.8 Å². The van der Waals surface area contributed by atoms with Crippen LogP contribution in [0.15, 0.2) is 34.9 Å². The van der Waals surface area contributed by atoms with Crippen molar-refractivity contribution in [1.29, 1.82) is 0 Å². The number of hydrogen-bond donors (Lipinski definition) is 12. The first-order chi connectivity index (χ1) is 35.2. The number of H-pyrrole nitrogens is 2. The molecule has 16 atom stereocenters. The molecule has 4 aliphatic heterocycles. The number of imidazole rings is 3. The summed E-state index contributed by atoms with van der Waals surface area (Å²) >= 11 is 0. The van der Waals surface area contributed by atoms with Crippen LogP contribution in [0, 0.1) is 6.92 Å². The van der Waals surface area contributed by atoms with Crippen molar-refractivity contribution in [3.63, 3.8) is 0 Å². The molecule has 7 unspecified atom stereocenters. The standard InChI is InChI=1S/C33H42N14O24P4/c1-11-40-25-15(27(52)41-11)39-9-46(25)29-19(50)17(48)12(66-29)3-63-72(54,55)69-22-21-31(45-8-38-14-23(34)36-7-37-24(14)45)68-33(22,5-62-21)6-65-74(58,59)71-75(60,61)70-73(56,57)64-4-13-18(49)20(51)30(67-13)47-10-44(2)16-26(47)42-32(35)43-28(16)53/h7-10,12-13,17-22,29-31,48-51H,3-6H2,1-2H3,(H9-,34,35,36,37,40,41,42,43,52,53,54,55,56,57,58,59,60,61)/p+1/t12-,13-,17?,18+,19+,20?,21+,22?,29-,30-,31-,33-/m1/s1. The molecule has 6 aromatic heterocycles. The number of phosphoric ester groups is 3. The number of aliphatic hydroxyl groups is 4. The fraction of sp³-hybridized carbons (Fsp3) is 0.545. The van der Waals surface area contributed by atoms with Gasteiger partial charge in [-0.05, 0) is 6.92 Å². The monoisotopic (exact) mass is 1140 g/mol. The molecular formula is C33H43N14O24P4+. The second kappa shape index (κ2) is 19.2. The van der Waals surface area contributed by atoms with Gasteiger partial charge < -0.3 is 75.4 Å². The highest BCUT2D eigenvalue weighted by atomic mass is 31.3. The number of fused-ring (bicyclic) bond motifs is 5. The lowest BCUT2D eigenvalue weighted by molar-refractivity contribution is -0.646. The number of nitrogens with zero attached hydrogens (tertiary/aromatic N) is 10. The number of aryl methyl sites for hydroxylation is 2. The number of hydrogen-bond acceptors (Lipinski definition) is 28. The van der Waals surface area contributed by atoms with Gasteiger partial charge in [-0.2, -0.15) is 18.2 Å². The van der Waals surface area contributed by atoms with Gasteiger partial charge in [-0.15, -0.1) is 0 Å².